The van der Waals surface area contributed by atoms with E-state index in [2.05, 4.69) is 12.1 Å². The van der Waals surface area contributed by atoms with Gasteiger partial charge in [-0.2, -0.15) is 0 Å². The Balaban J connectivity index is 1.56. The van der Waals surface area contributed by atoms with Crippen molar-refractivity contribution in [2.24, 2.45) is 0 Å². The summed E-state index contributed by atoms with van der Waals surface area (Å²) in [6, 6.07) is 9.74. The molecule has 1 aliphatic carbocycles. The molecule has 0 N–H and O–H groups in total. The Labute approximate surface area is 144 Å². The molecule has 4 nitrogen and oxygen atoms in total. The minimum absolute atomic E-state index is 0.163. The third kappa shape index (κ3) is 2.55. The summed E-state index contributed by atoms with van der Waals surface area (Å²) in [4.78, 5) is 13.3. The van der Waals surface area contributed by atoms with Crippen molar-refractivity contribution in [1.82, 2.24) is 5.16 Å². The van der Waals surface area contributed by atoms with Gasteiger partial charge in [0.05, 0.1) is 10.4 Å². The SMILES string of the molecule is Cc1ccc(OCc2cc(-c3cccs3)on2)c2c1[C@H](C)CC2=O. The van der Waals surface area contributed by atoms with Gasteiger partial charge in [-0.1, -0.05) is 24.2 Å². The number of aryl methyl sites for hydroxylation is 1. The Hall–Kier alpha value is -2.40. The van der Waals surface area contributed by atoms with Gasteiger partial charge in [0, 0.05) is 12.5 Å². The molecule has 2 aromatic heterocycles. The maximum absolute atomic E-state index is 12.3. The van der Waals surface area contributed by atoms with E-state index in [1.165, 1.54) is 0 Å². The van der Waals surface area contributed by atoms with Crippen molar-refractivity contribution in [2.75, 3.05) is 0 Å². The van der Waals surface area contributed by atoms with E-state index < -0.39 is 0 Å². The van der Waals surface area contributed by atoms with Crippen LogP contribution in [-0.2, 0) is 6.61 Å². The molecule has 2 heterocycles. The van der Waals surface area contributed by atoms with Gasteiger partial charge in [-0.15, -0.1) is 11.3 Å². The number of rotatable bonds is 4. The Bertz CT molecular complexity index is 895. The van der Waals surface area contributed by atoms with Crippen molar-refractivity contribution >= 4 is 17.1 Å². The van der Waals surface area contributed by atoms with Crippen LogP contribution in [0.3, 0.4) is 0 Å². The number of thiophene rings is 1. The molecular weight excluding hydrogens is 322 g/mol. The average Bonchev–Trinajstić information content (AvgIpc) is 3.28. The summed E-state index contributed by atoms with van der Waals surface area (Å²) in [5.41, 5.74) is 3.73. The molecular formula is C19H17NO3S. The molecule has 0 aliphatic heterocycles. The van der Waals surface area contributed by atoms with Gasteiger partial charge in [-0.3, -0.25) is 4.79 Å². The quantitative estimate of drug-likeness (QED) is 0.672. The Kier molecular flexibility index (Phi) is 3.73. The largest absolute Gasteiger partial charge is 0.486 e. The lowest BCUT2D eigenvalue weighted by Gasteiger charge is -2.12. The van der Waals surface area contributed by atoms with Gasteiger partial charge in [-0.05, 0) is 41.5 Å². The molecule has 0 spiro atoms. The molecule has 0 fully saturated rings. The minimum Gasteiger partial charge on any atom is -0.486 e. The Morgan fingerprint density at radius 3 is 3.04 bits per heavy atom. The van der Waals surface area contributed by atoms with Crippen molar-refractivity contribution in [1.29, 1.82) is 0 Å². The third-order valence-electron chi connectivity index (χ3n) is 4.39. The monoisotopic (exact) mass is 339 g/mol. The highest BCUT2D eigenvalue weighted by atomic mass is 32.1. The summed E-state index contributed by atoms with van der Waals surface area (Å²) in [5.74, 6) is 1.80. The number of fused-ring (bicyclic) bond motifs is 1. The van der Waals surface area contributed by atoms with Crippen LogP contribution in [0.15, 0.2) is 40.2 Å². The molecule has 1 atom stereocenters. The molecule has 4 rings (SSSR count). The Morgan fingerprint density at radius 1 is 1.38 bits per heavy atom. The fraction of sp³-hybridized carbons (Fsp3) is 0.263. The van der Waals surface area contributed by atoms with Crippen LogP contribution in [0, 0.1) is 6.92 Å². The second kappa shape index (κ2) is 5.91. The maximum Gasteiger partial charge on any atom is 0.177 e. The van der Waals surface area contributed by atoms with E-state index in [0.29, 0.717) is 17.9 Å². The van der Waals surface area contributed by atoms with Crippen LogP contribution in [0.1, 0.15) is 46.4 Å². The van der Waals surface area contributed by atoms with Crippen molar-refractivity contribution in [3.8, 4) is 16.4 Å². The normalized spacial score (nSPS) is 16.4. The number of ketones is 1. The zero-order valence-corrected chi connectivity index (χ0v) is 14.4. The van der Waals surface area contributed by atoms with Gasteiger partial charge in [-0.25, -0.2) is 0 Å². The van der Waals surface area contributed by atoms with Crippen molar-refractivity contribution in [3.05, 3.63) is 58.1 Å². The molecule has 1 aliphatic rings. The highest BCUT2D eigenvalue weighted by Gasteiger charge is 2.31. The van der Waals surface area contributed by atoms with Gasteiger partial charge < -0.3 is 9.26 Å². The molecule has 0 amide bonds. The van der Waals surface area contributed by atoms with E-state index in [1.54, 1.807) is 11.3 Å². The molecule has 3 aromatic rings. The van der Waals surface area contributed by atoms with Gasteiger partial charge in [0.15, 0.2) is 11.5 Å². The number of nitrogens with zero attached hydrogens (tertiary/aromatic N) is 1. The number of hydrogen-bond acceptors (Lipinski definition) is 5. The van der Waals surface area contributed by atoms with E-state index in [4.69, 9.17) is 9.26 Å². The topological polar surface area (TPSA) is 52.3 Å². The zero-order chi connectivity index (χ0) is 16.7. The summed E-state index contributed by atoms with van der Waals surface area (Å²) >= 11 is 1.60. The first-order valence-corrected chi connectivity index (χ1v) is 8.80. The van der Waals surface area contributed by atoms with Crippen molar-refractivity contribution in [2.45, 2.75) is 32.8 Å². The molecule has 5 heteroatoms. The van der Waals surface area contributed by atoms with Crippen molar-refractivity contribution in [3.63, 3.8) is 0 Å². The van der Waals surface area contributed by atoms with Crippen LogP contribution in [0.25, 0.3) is 10.6 Å². The third-order valence-corrected chi connectivity index (χ3v) is 5.27. The van der Waals surface area contributed by atoms with E-state index in [0.717, 1.165) is 27.3 Å². The second-order valence-corrected chi connectivity index (χ2v) is 7.09. The molecule has 0 saturated carbocycles. The zero-order valence-electron chi connectivity index (χ0n) is 13.5. The number of Topliss-reactive ketones (excluding diaryl/α,β-unsaturated/α-hetero) is 1. The summed E-state index contributed by atoms with van der Waals surface area (Å²) in [5, 5.41) is 6.05. The van der Waals surface area contributed by atoms with Crippen LogP contribution in [0.4, 0.5) is 0 Å². The first-order valence-electron chi connectivity index (χ1n) is 7.92. The summed E-state index contributed by atoms with van der Waals surface area (Å²) in [7, 11) is 0. The molecule has 0 bridgehead atoms. The molecule has 24 heavy (non-hydrogen) atoms. The fourth-order valence-electron chi connectivity index (χ4n) is 3.30. The number of hydrogen-bond donors (Lipinski definition) is 0. The number of ether oxygens (including phenoxy) is 1. The first-order chi connectivity index (χ1) is 11.6. The lowest BCUT2D eigenvalue weighted by Crippen LogP contribution is -2.02. The number of carbonyl (C=O) groups is 1. The summed E-state index contributed by atoms with van der Waals surface area (Å²) in [6.07, 6.45) is 0.559. The van der Waals surface area contributed by atoms with Crippen LogP contribution >= 0.6 is 11.3 Å². The van der Waals surface area contributed by atoms with E-state index in [-0.39, 0.29) is 18.3 Å². The number of carbonyl (C=O) groups excluding carboxylic acids is 1. The predicted octanol–water partition coefficient (Wildman–Crippen LogP) is 4.98. The maximum atomic E-state index is 12.3. The summed E-state index contributed by atoms with van der Waals surface area (Å²) in [6.45, 7) is 4.42. The lowest BCUT2D eigenvalue weighted by atomic mass is 9.97. The standard InChI is InChI=1S/C19H17NO3S/c1-11-5-6-15(19-14(21)8-12(2)18(11)19)22-10-13-9-16(23-20-13)17-4-3-7-24-17/h3-7,9,12H,8,10H2,1-2H3/t12-/m1/s1. The van der Waals surface area contributed by atoms with Crippen LogP contribution < -0.4 is 4.74 Å². The average molecular weight is 339 g/mol. The van der Waals surface area contributed by atoms with Gasteiger partial charge in [0.2, 0.25) is 0 Å². The van der Waals surface area contributed by atoms with E-state index in [1.807, 2.05) is 42.6 Å². The second-order valence-electron chi connectivity index (χ2n) is 6.15. The number of aromatic nitrogens is 1. The lowest BCUT2D eigenvalue weighted by molar-refractivity contribution is 0.0986. The van der Waals surface area contributed by atoms with Gasteiger partial charge in [0.25, 0.3) is 0 Å². The molecule has 0 radical (unpaired) electrons. The highest BCUT2D eigenvalue weighted by Crippen LogP contribution is 2.40. The van der Waals surface area contributed by atoms with E-state index in [9.17, 15) is 4.79 Å². The Morgan fingerprint density at radius 2 is 2.25 bits per heavy atom. The van der Waals surface area contributed by atoms with Gasteiger partial charge >= 0.3 is 0 Å². The highest BCUT2D eigenvalue weighted by molar-refractivity contribution is 7.13. The minimum atomic E-state index is 0.163. The van der Waals surface area contributed by atoms with Crippen molar-refractivity contribution < 1.29 is 14.1 Å². The molecule has 1 aromatic carbocycles. The number of benzene rings is 1. The van der Waals surface area contributed by atoms with Crippen LogP contribution in [-0.4, -0.2) is 10.9 Å². The van der Waals surface area contributed by atoms with Crippen LogP contribution in [0.5, 0.6) is 5.75 Å². The first kappa shape index (κ1) is 15.1. The fourth-order valence-corrected chi connectivity index (χ4v) is 3.97. The predicted molar refractivity (Wildman–Crippen MR) is 92.7 cm³/mol. The van der Waals surface area contributed by atoms with Crippen LogP contribution in [0.2, 0.25) is 0 Å². The molecule has 0 saturated heterocycles. The summed E-state index contributed by atoms with van der Waals surface area (Å²) < 4.78 is 11.3. The van der Waals surface area contributed by atoms with Gasteiger partial charge in [0.1, 0.15) is 18.1 Å². The van der Waals surface area contributed by atoms with E-state index >= 15 is 0 Å². The molecule has 122 valence electrons. The molecule has 0 unspecified atom stereocenters. The smallest absolute Gasteiger partial charge is 0.177 e.